The fraction of sp³-hybridized carbons (Fsp3) is 0.579. The second-order valence-electron chi connectivity index (χ2n) is 7.30. The molecule has 1 aliphatic heterocycles. The van der Waals surface area contributed by atoms with Gasteiger partial charge in [0.15, 0.2) is 0 Å². The lowest BCUT2D eigenvalue weighted by molar-refractivity contribution is -0.126. The van der Waals surface area contributed by atoms with E-state index < -0.39 is 10.0 Å². The lowest BCUT2D eigenvalue weighted by Gasteiger charge is -2.32. The average Bonchev–Trinajstić information content (AvgIpc) is 3.49. The number of hydrogen-bond donors (Lipinski definition) is 2. The average molecular weight is 394 g/mol. The SMILES string of the molecule is CCCNC(=O)C1CCCN(C(=O)c2cccc(S(=O)(=O)NC3CC3)c2)C1. The van der Waals surface area contributed by atoms with E-state index in [9.17, 15) is 18.0 Å². The van der Waals surface area contributed by atoms with Crippen LogP contribution in [0.5, 0.6) is 0 Å². The minimum Gasteiger partial charge on any atom is -0.356 e. The number of hydrogen-bond acceptors (Lipinski definition) is 4. The van der Waals surface area contributed by atoms with E-state index in [1.807, 2.05) is 6.92 Å². The van der Waals surface area contributed by atoms with Crippen molar-refractivity contribution in [2.75, 3.05) is 19.6 Å². The summed E-state index contributed by atoms with van der Waals surface area (Å²) in [7, 11) is -3.60. The van der Waals surface area contributed by atoms with Crippen LogP contribution in [0.3, 0.4) is 0 Å². The summed E-state index contributed by atoms with van der Waals surface area (Å²) < 4.78 is 27.4. The second-order valence-corrected chi connectivity index (χ2v) is 9.02. The van der Waals surface area contributed by atoms with Crippen LogP contribution in [0.2, 0.25) is 0 Å². The number of nitrogens with zero attached hydrogens (tertiary/aromatic N) is 1. The summed E-state index contributed by atoms with van der Waals surface area (Å²) in [5.41, 5.74) is 0.336. The van der Waals surface area contributed by atoms with E-state index in [0.717, 1.165) is 32.1 Å². The van der Waals surface area contributed by atoms with Gasteiger partial charge in [0.25, 0.3) is 5.91 Å². The monoisotopic (exact) mass is 393 g/mol. The molecule has 148 valence electrons. The maximum Gasteiger partial charge on any atom is 0.253 e. The lowest BCUT2D eigenvalue weighted by Crippen LogP contribution is -2.45. The van der Waals surface area contributed by atoms with Crippen molar-refractivity contribution in [3.05, 3.63) is 29.8 Å². The molecular weight excluding hydrogens is 366 g/mol. The van der Waals surface area contributed by atoms with Gasteiger partial charge >= 0.3 is 0 Å². The van der Waals surface area contributed by atoms with Gasteiger partial charge in [-0.2, -0.15) is 0 Å². The number of rotatable bonds is 7. The highest BCUT2D eigenvalue weighted by atomic mass is 32.2. The third kappa shape index (κ3) is 5.07. The van der Waals surface area contributed by atoms with Crippen LogP contribution in [0, 0.1) is 5.92 Å². The molecular formula is C19H27N3O4S. The van der Waals surface area contributed by atoms with Gasteiger partial charge in [-0.1, -0.05) is 13.0 Å². The van der Waals surface area contributed by atoms with Crippen molar-refractivity contribution in [1.82, 2.24) is 14.9 Å². The molecule has 0 spiro atoms. The quantitative estimate of drug-likeness (QED) is 0.734. The smallest absolute Gasteiger partial charge is 0.253 e. The van der Waals surface area contributed by atoms with Crippen molar-refractivity contribution in [3.8, 4) is 0 Å². The molecule has 0 radical (unpaired) electrons. The van der Waals surface area contributed by atoms with Crippen LogP contribution in [-0.2, 0) is 14.8 Å². The molecule has 1 heterocycles. The Labute approximate surface area is 160 Å². The molecule has 3 rings (SSSR count). The normalized spacial score (nSPS) is 20.3. The molecule has 2 N–H and O–H groups in total. The first-order valence-electron chi connectivity index (χ1n) is 9.60. The third-order valence-corrected chi connectivity index (χ3v) is 6.44. The minimum atomic E-state index is -3.60. The predicted molar refractivity (Wildman–Crippen MR) is 102 cm³/mol. The summed E-state index contributed by atoms with van der Waals surface area (Å²) in [6.07, 6.45) is 4.10. The van der Waals surface area contributed by atoms with E-state index in [2.05, 4.69) is 10.0 Å². The highest BCUT2D eigenvalue weighted by Crippen LogP contribution is 2.23. The number of nitrogens with one attached hydrogen (secondary N) is 2. The maximum atomic E-state index is 12.9. The van der Waals surface area contributed by atoms with E-state index >= 15 is 0 Å². The zero-order valence-corrected chi connectivity index (χ0v) is 16.4. The van der Waals surface area contributed by atoms with Gasteiger partial charge < -0.3 is 10.2 Å². The van der Waals surface area contributed by atoms with Gasteiger partial charge in [0.2, 0.25) is 15.9 Å². The maximum absolute atomic E-state index is 12.9. The molecule has 2 fully saturated rings. The Morgan fingerprint density at radius 1 is 1.22 bits per heavy atom. The van der Waals surface area contributed by atoms with Gasteiger partial charge in [0.1, 0.15) is 0 Å². The van der Waals surface area contributed by atoms with Crippen LogP contribution in [0.25, 0.3) is 0 Å². The highest BCUT2D eigenvalue weighted by molar-refractivity contribution is 7.89. The lowest BCUT2D eigenvalue weighted by atomic mass is 9.96. The molecule has 27 heavy (non-hydrogen) atoms. The van der Waals surface area contributed by atoms with Crippen molar-refractivity contribution < 1.29 is 18.0 Å². The van der Waals surface area contributed by atoms with Gasteiger partial charge in [-0.15, -0.1) is 0 Å². The number of benzene rings is 1. The molecule has 2 amide bonds. The molecule has 8 heteroatoms. The van der Waals surface area contributed by atoms with Crippen molar-refractivity contribution >= 4 is 21.8 Å². The number of likely N-dealkylation sites (tertiary alicyclic amines) is 1. The number of amides is 2. The largest absolute Gasteiger partial charge is 0.356 e. The van der Waals surface area contributed by atoms with Gasteiger partial charge in [-0.05, 0) is 50.3 Å². The molecule has 2 aliphatic rings. The van der Waals surface area contributed by atoms with Crippen LogP contribution < -0.4 is 10.0 Å². The van der Waals surface area contributed by atoms with Gasteiger partial charge in [0, 0.05) is 31.2 Å². The highest BCUT2D eigenvalue weighted by Gasteiger charge is 2.30. The Morgan fingerprint density at radius 2 is 2.00 bits per heavy atom. The Morgan fingerprint density at radius 3 is 2.70 bits per heavy atom. The van der Waals surface area contributed by atoms with Crippen LogP contribution in [0.4, 0.5) is 0 Å². The third-order valence-electron chi connectivity index (χ3n) is 4.92. The Kier molecular flexibility index (Phi) is 6.16. The first kappa shape index (κ1) is 19.8. The Bertz CT molecular complexity index is 805. The number of carbonyl (C=O) groups is 2. The summed E-state index contributed by atoms with van der Waals surface area (Å²) in [6, 6.07) is 6.15. The molecule has 1 aliphatic carbocycles. The van der Waals surface area contributed by atoms with Gasteiger partial charge in [-0.25, -0.2) is 13.1 Å². The molecule has 1 saturated heterocycles. The van der Waals surface area contributed by atoms with Crippen molar-refractivity contribution in [2.24, 2.45) is 5.92 Å². The first-order valence-corrected chi connectivity index (χ1v) is 11.1. The van der Waals surface area contributed by atoms with E-state index in [1.165, 1.54) is 12.1 Å². The topological polar surface area (TPSA) is 95.6 Å². The Hall–Kier alpha value is -1.93. The summed E-state index contributed by atoms with van der Waals surface area (Å²) in [5, 5.41) is 2.89. The van der Waals surface area contributed by atoms with E-state index in [-0.39, 0.29) is 28.7 Å². The molecule has 1 atom stereocenters. The zero-order chi connectivity index (χ0) is 19.4. The molecule has 0 aromatic heterocycles. The molecule has 1 aromatic rings. The summed E-state index contributed by atoms with van der Waals surface area (Å²) in [5.74, 6) is -0.455. The second kappa shape index (κ2) is 8.39. The van der Waals surface area contributed by atoms with Crippen LogP contribution in [0.15, 0.2) is 29.2 Å². The standard InChI is InChI=1S/C19H27N3O4S/c1-2-10-20-18(23)15-6-4-11-22(13-15)19(24)14-5-3-7-17(12-14)27(25,26)21-16-8-9-16/h3,5,7,12,15-16,21H,2,4,6,8-11,13H2,1H3,(H,20,23). The number of sulfonamides is 1. The first-order chi connectivity index (χ1) is 12.9. The van der Waals surface area contributed by atoms with Crippen molar-refractivity contribution in [3.63, 3.8) is 0 Å². The fourth-order valence-corrected chi connectivity index (χ4v) is 4.59. The molecule has 1 saturated carbocycles. The Balaban J connectivity index is 1.69. The van der Waals surface area contributed by atoms with Gasteiger partial charge in [-0.3, -0.25) is 9.59 Å². The van der Waals surface area contributed by atoms with Gasteiger partial charge in [0.05, 0.1) is 10.8 Å². The predicted octanol–water partition coefficient (Wildman–Crippen LogP) is 1.51. The summed E-state index contributed by atoms with van der Waals surface area (Å²) >= 11 is 0. The van der Waals surface area contributed by atoms with E-state index in [4.69, 9.17) is 0 Å². The minimum absolute atomic E-state index is 0.0128. The van der Waals surface area contributed by atoms with Crippen LogP contribution in [0.1, 0.15) is 49.4 Å². The fourth-order valence-electron chi connectivity index (χ4n) is 3.24. The zero-order valence-electron chi connectivity index (χ0n) is 15.6. The van der Waals surface area contributed by atoms with Crippen LogP contribution >= 0.6 is 0 Å². The van der Waals surface area contributed by atoms with E-state index in [1.54, 1.807) is 17.0 Å². The summed E-state index contributed by atoms with van der Waals surface area (Å²) in [6.45, 7) is 3.58. The molecule has 1 unspecified atom stereocenters. The number of carbonyl (C=O) groups excluding carboxylic acids is 2. The number of piperidine rings is 1. The molecule has 0 bridgehead atoms. The van der Waals surface area contributed by atoms with Crippen molar-refractivity contribution in [2.45, 2.75) is 50.0 Å². The van der Waals surface area contributed by atoms with E-state index in [0.29, 0.717) is 25.2 Å². The summed E-state index contributed by atoms with van der Waals surface area (Å²) in [4.78, 5) is 26.9. The van der Waals surface area contributed by atoms with Crippen molar-refractivity contribution in [1.29, 1.82) is 0 Å². The molecule has 7 nitrogen and oxygen atoms in total. The van der Waals surface area contributed by atoms with Crippen LogP contribution in [-0.4, -0.2) is 50.8 Å². The molecule has 1 aromatic carbocycles.